The van der Waals surface area contributed by atoms with Gasteiger partial charge in [-0.05, 0) is 25.7 Å². The normalized spacial score (nSPS) is 16.7. The first-order valence-corrected chi connectivity index (χ1v) is 9.17. The topological polar surface area (TPSA) is 67.9 Å². The largest absolute Gasteiger partial charge is 0.455 e. The van der Waals surface area contributed by atoms with E-state index in [0.29, 0.717) is 6.61 Å². The molecule has 23 heavy (non-hydrogen) atoms. The molecule has 6 nitrogen and oxygen atoms in total. The molecule has 1 amide bonds. The number of carbonyl (C=O) groups is 2. The molecule has 0 radical (unpaired) electrons. The number of hydrogen-bond acceptors (Lipinski definition) is 6. The third-order valence-corrected chi connectivity index (χ3v) is 5.04. The maximum Gasteiger partial charge on any atom is 0.316 e. The number of hydrogen-bond donors (Lipinski definition) is 1. The molecule has 0 saturated carbocycles. The van der Waals surface area contributed by atoms with Crippen molar-refractivity contribution in [3.63, 3.8) is 0 Å². The smallest absolute Gasteiger partial charge is 0.316 e. The second-order valence-electron chi connectivity index (χ2n) is 5.81. The molecular formula is C15H26N2O4S2. The highest BCUT2D eigenvalue weighted by molar-refractivity contribution is 8.23. The Balaban J connectivity index is 2.16. The van der Waals surface area contributed by atoms with Gasteiger partial charge < -0.3 is 19.7 Å². The van der Waals surface area contributed by atoms with Crippen molar-refractivity contribution < 1.29 is 19.1 Å². The van der Waals surface area contributed by atoms with Gasteiger partial charge in [-0.3, -0.25) is 9.59 Å². The molecule has 1 fully saturated rings. The van der Waals surface area contributed by atoms with Gasteiger partial charge >= 0.3 is 5.97 Å². The molecular weight excluding hydrogens is 336 g/mol. The highest BCUT2D eigenvalue weighted by Crippen LogP contribution is 2.20. The molecule has 1 aliphatic rings. The summed E-state index contributed by atoms with van der Waals surface area (Å²) in [6.07, 6.45) is 2.26. The molecule has 1 atom stereocenters. The Labute approximate surface area is 147 Å². The number of likely N-dealkylation sites (tertiary alicyclic amines) is 1. The summed E-state index contributed by atoms with van der Waals surface area (Å²) in [7, 11) is 1.56. The van der Waals surface area contributed by atoms with Gasteiger partial charge in [-0.15, -0.1) is 0 Å². The minimum absolute atomic E-state index is 0.116. The molecule has 0 aliphatic carbocycles. The maximum atomic E-state index is 11.7. The van der Waals surface area contributed by atoms with Crippen LogP contribution in [0.1, 0.15) is 26.7 Å². The summed E-state index contributed by atoms with van der Waals surface area (Å²) in [4.78, 5) is 25.4. The average Bonchev–Trinajstić information content (AvgIpc) is 2.51. The summed E-state index contributed by atoms with van der Waals surface area (Å²) < 4.78 is 10.6. The predicted octanol–water partition coefficient (Wildman–Crippen LogP) is 1.43. The van der Waals surface area contributed by atoms with Gasteiger partial charge in [0.15, 0.2) is 6.61 Å². The Morgan fingerprint density at radius 3 is 2.65 bits per heavy atom. The molecule has 0 bridgehead atoms. The lowest BCUT2D eigenvalue weighted by Gasteiger charge is -2.31. The minimum Gasteiger partial charge on any atom is -0.455 e. The molecule has 1 saturated heterocycles. The summed E-state index contributed by atoms with van der Waals surface area (Å²) >= 11 is 6.64. The van der Waals surface area contributed by atoms with E-state index in [9.17, 15) is 9.59 Å². The van der Waals surface area contributed by atoms with E-state index in [0.717, 1.165) is 36.2 Å². The van der Waals surface area contributed by atoms with Gasteiger partial charge in [0.25, 0.3) is 5.91 Å². The van der Waals surface area contributed by atoms with Crippen molar-refractivity contribution in [2.45, 2.75) is 32.7 Å². The fraction of sp³-hybridized carbons (Fsp3) is 0.800. The van der Waals surface area contributed by atoms with E-state index in [1.54, 1.807) is 7.11 Å². The molecule has 1 rings (SSSR count). The number of rotatable bonds is 7. The summed E-state index contributed by atoms with van der Waals surface area (Å²) in [6.45, 7) is 6.09. The standard InChI is InChI=1S/C15H26N2O4S2/c1-11-4-6-17(7-5-11)15(22)23-10-14(19)21-9-13(18)16-12(2)8-20-3/h11-12H,4-10H2,1-3H3,(H,16,18). The third-order valence-electron chi connectivity index (χ3n) is 3.54. The molecule has 1 aliphatic heterocycles. The van der Waals surface area contributed by atoms with Crippen LogP contribution >= 0.6 is 24.0 Å². The summed E-state index contributed by atoms with van der Waals surface area (Å²) in [5.74, 6) is 0.104. The lowest BCUT2D eigenvalue weighted by Crippen LogP contribution is -2.38. The number of esters is 1. The Kier molecular flexibility index (Phi) is 9.50. The third kappa shape index (κ3) is 8.53. The van der Waals surface area contributed by atoms with Crippen molar-refractivity contribution in [2.24, 2.45) is 5.92 Å². The van der Waals surface area contributed by atoms with Gasteiger partial charge in [0.2, 0.25) is 0 Å². The van der Waals surface area contributed by atoms with Crippen molar-refractivity contribution in [1.29, 1.82) is 0 Å². The van der Waals surface area contributed by atoms with Crippen LogP contribution in [0, 0.1) is 5.92 Å². The van der Waals surface area contributed by atoms with E-state index in [1.165, 1.54) is 11.8 Å². The van der Waals surface area contributed by atoms with Gasteiger partial charge in [-0.25, -0.2) is 0 Å². The Hall–Kier alpha value is -0.860. The highest BCUT2D eigenvalue weighted by atomic mass is 32.2. The van der Waals surface area contributed by atoms with Crippen molar-refractivity contribution in [1.82, 2.24) is 10.2 Å². The molecule has 1 unspecified atom stereocenters. The molecule has 0 aromatic heterocycles. The molecule has 0 aromatic rings. The number of thiocarbonyl (C=S) groups is 1. The summed E-state index contributed by atoms with van der Waals surface area (Å²) in [5.41, 5.74) is 0. The van der Waals surface area contributed by atoms with Crippen molar-refractivity contribution in [3.8, 4) is 0 Å². The fourth-order valence-electron chi connectivity index (χ4n) is 2.20. The second-order valence-corrected chi connectivity index (χ2v) is 7.42. The van der Waals surface area contributed by atoms with Gasteiger partial charge in [0, 0.05) is 26.2 Å². The molecule has 8 heteroatoms. The average molecular weight is 363 g/mol. The number of methoxy groups -OCH3 is 1. The maximum absolute atomic E-state index is 11.7. The number of nitrogens with one attached hydrogen (secondary N) is 1. The monoisotopic (exact) mass is 362 g/mol. The SMILES string of the molecule is COCC(C)NC(=O)COC(=O)CSC(=S)N1CCC(C)CC1. The lowest BCUT2D eigenvalue weighted by atomic mass is 10.00. The molecule has 1 N–H and O–H groups in total. The Morgan fingerprint density at radius 2 is 2.04 bits per heavy atom. The number of thioether (sulfide) groups is 1. The van der Waals surface area contributed by atoms with Crippen molar-refractivity contribution in [3.05, 3.63) is 0 Å². The van der Waals surface area contributed by atoms with Crippen LogP contribution in [0.5, 0.6) is 0 Å². The van der Waals surface area contributed by atoms with E-state index in [2.05, 4.69) is 17.1 Å². The lowest BCUT2D eigenvalue weighted by molar-refractivity contribution is -0.146. The number of ether oxygens (including phenoxy) is 2. The van der Waals surface area contributed by atoms with Crippen LogP contribution in [-0.2, 0) is 19.1 Å². The van der Waals surface area contributed by atoms with E-state index in [1.807, 2.05) is 6.92 Å². The Morgan fingerprint density at radius 1 is 1.39 bits per heavy atom. The van der Waals surface area contributed by atoms with Crippen LogP contribution in [-0.4, -0.2) is 66.3 Å². The first-order valence-electron chi connectivity index (χ1n) is 7.78. The zero-order valence-electron chi connectivity index (χ0n) is 14.0. The van der Waals surface area contributed by atoms with Crippen LogP contribution in [0.15, 0.2) is 0 Å². The molecule has 0 spiro atoms. The van der Waals surface area contributed by atoms with E-state index in [-0.39, 0.29) is 24.3 Å². The first kappa shape index (κ1) is 20.2. The fourth-order valence-corrected chi connectivity index (χ4v) is 3.25. The minimum atomic E-state index is -0.433. The summed E-state index contributed by atoms with van der Waals surface area (Å²) in [6, 6.07) is -0.116. The number of amides is 1. The number of piperidine rings is 1. The highest BCUT2D eigenvalue weighted by Gasteiger charge is 2.19. The molecule has 132 valence electrons. The van der Waals surface area contributed by atoms with Gasteiger partial charge in [0.05, 0.1) is 12.4 Å². The number of carbonyl (C=O) groups excluding carboxylic acids is 2. The van der Waals surface area contributed by atoms with Gasteiger partial charge in [-0.1, -0.05) is 30.9 Å². The second kappa shape index (κ2) is 10.8. The van der Waals surface area contributed by atoms with Crippen LogP contribution in [0.4, 0.5) is 0 Å². The van der Waals surface area contributed by atoms with E-state index in [4.69, 9.17) is 21.7 Å². The summed E-state index contributed by atoms with van der Waals surface area (Å²) in [5, 5.41) is 2.67. The van der Waals surface area contributed by atoms with Gasteiger partial charge in [0.1, 0.15) is 4.32 Å². The zero-order valence-corrected chi connectivity index (χ0v) is 15.6. The van der Waals surface area contributed by atoms with E-state index >= 15 is 0 Å². The first-order chi connectivity index (χ1) is 10.9. The molecule has 0 aromatic carbocycles. The van der Waals surface area contributed by atoms with Crippen LogP contribution in [0.25, 0.3) is 0 Å². The van der Waals surface area contributed by atoms with Crippen LogP contribution < -0.4 is 5.32 Å². The van der Waals surface area contributed by atoms with Crippen molar-refractivity contribution in [2.75, 3.05) is 39.2 Å². The number of nitrogens with zero attached hydrogens (tertiary/aromatic N) is 1. The van der Waals surface area contributed by atoms with Crippen LogP contribution in [0.2, 0.25) is 0 Å². The Bertz CT molecular complexity index is 412. The van der Waals surface area contributed by atoms with Gasteiger partial charge in [-0.2, -0.15) is 0 Å². The zero-order chi connectivity index (χ0) is 17.2. The molecule has 1 heterocycles. The predicted molar refractivity (Wildman–Crippen MR) is 95.5 cm³/mol. The van der Waals surface area contributed by atoms with Crippen molar-refractivity contribution >= 4 is 40.2 Å². The van der Waals surface area contributed by atoms with E-state index < -0.39 is 5.97 Å². The van der Waals surface area contributed by atoms with Crippen LogP contribution in [0.3, 0.4) is 0 Å². The quantitative estimate of drug-likeness (QED) is 0.543.